The Kier molecular flexibility index (Phi) is 11.8. The quantitative estimate of drug-likeness (QED) is 0.105. The van der Waals surface area contributed by atoms with Gasteiger partial charge in [0, 0.05) is 92.8 Å². The number of ether oxygens (including phenoxy) is 3. The third-order valence-electron chi connectivity index (χ3n) is 17.0. The lowest BCUT2D eigenvalue weighted by molar-refractivity contribution is -0.141. The lowest BCUT2D eigenvalue weighted by Crippen LogP contribution is -2.49. The number of fused-ring (bicyclic) bond motifs is 6. The summed E-state index contributed by atoms with van der Waals surface area (Å²) in [6.45, 7) is 3.87. The molecule has 0 radical (unpaired) electrons. The van der Waals surface area contributed by atoms with Gasteiger partial charge in [-0.25, -0.2) is 24.3 Å². The zero-order valence-corrected chi connectivity index (χ0v) is 43.5. The molecule has 8 heterocycles. The van der Waals surface area contributed by atoms with Gasteiger partial charge >= 0.3 is 6.18 Å². The van der Waals surface area contributed by atoms with Gasteiger partial charge in [-0.05, 0) is 112 Å². The van der Waals surface area contributed by atoms with Crippen LogP contribution in [0.25, 0.3) is 67.2 Å². The minimum absolute atomic E-state index is 0.0105. The van der Waals surface area contributed by atoms with E-state index in [1.165, 1.54) is 18.1 Å². The number of hydrogen-bond donors (Lipinski definition) is 2. The highest BCUT2D eigenvalue weighted by Crippen LogP contribution is 2.45. The van der Waals surface area contributed by atoms with E-state index < -0.39 is 30.0 Å². The van der Waals surface area contributed by atoms with Crippen LogP contribution in [0, 0.1) is 11.8 Å². The number of aromatic nitrogens is 8. The fraction of sp³-hybridized carbons (Fsp3) is 0.464. The first-order valence-electron chi connectivity index (χ1n) is 26.6. The van der Waals surface area contributed by atoms with Crippen molar-refractivity contribution in [2.45, 2.75) is 108 Å². The molecule has 5 fully saturated rings. The molecule has 0 spiro atoms. The van der Waals surface area contributed by atoms with Crippen molar-refractivity contribution in [2.75, 3.05) is 46.3 Å². The Morgan fingerprint density at radius 3 is 2.16 bits per heavy atom. The monoisotopic (exact) mass is 1060 g/mol. The smallest absolute Gasteiger partial charge is 0.433 e. The summed E-state index contributed by atoms with van der Waals surface area (Å²) in [5.41, 5.74) is 11.9. The summed E-state index contributed by atoms with van der Waals surface area (Å²) in [6.07, 6.45) is 1.50. The Morgan fingerprint density at radius 2 is 1.48 bits per heavy atom. The second kappa shape index (κ2) is 18.5. The molecule has 3 aliphatic carbocycles. The highest BCUT2D eigenvalue weighted by molar-refractivity contribution is 6.02. The van der Waals surface area contributed by atoms with Crippen molar-refractivity contribution in [1.29, 1.82) is 0 Å². The molecule has 13 rings (SSSR count). The van der Waals surface area contributed by atoms with Crippen LogP contribution in [-0.4, -0.2) is 131 Å². The number of carbonyl (C=O) groups excluding carboxylic acids is 2. The van der Waals surface area contributed by atoms with Gasteiger partial charge < -0.3 is 53.3 Å². The van der Waals surface area contributed by atoms with Crippen LogP contribution in [0.5, 0.6) is 11.5 Å². The van der Waals surface area contributed by atoms with Crippen LogP contribution in [0.3, 0.4) is 0 Å². The summed E-state index contributed by atoms with van der Waals surface area (Å²) in [7, 11) is 6.64. The number of pyridine rings is 2. The number of hydrogen-bond acceptors (Lipinski definition) is 11. The van der Waals surface area contributed by atoms with E-state index in [0.29, 0.717) is 87.7 Å². The number of aryl methyl sites for hydroxylation is 2. The number of anilines is 1. The number of rotatable bonds is 13. The van der Waals surface area contributed by atoms with Gasteiger partial charge in [0.2, 0.25) is 0 Å². The zero-order chi connectivity index (χ0) is 53.3. The van der Waals surface area contributed by atoms with Crippen LogP contribution in [0.1, 0.15) is 84.3 Å². The van der Waals surface area contributed by atoms with Gasteiger partial charge in [-0.2, -0.15) is 13.2 Å². The Balaban J connectivity index is 0.789. The number of alkyl halides is 4. The van der Waals surface area contributed by atoms with E-state index in [9.17, 15) is 22.8 Å². The molecule has 2 amide bonds. The number of carbonyl (C=O) groups is 2. The molecule has 21 heteroatoms. The van der Waals surface area contributed by atoms with E-state index >= 15 is 4.39 Å². The summed E-state index contributed by atoms with van der Waals surface area (Å²) in [6, 6.07) is 14.9. The summed E-state index contributed by atoms with van der Waals surface area (Å²) in [5.74, 6) is 2.28. The molecule has 2 bridgehead atoms. The predicted octanol–water partition coefficient (Wildman–Crippen LogP) is 9.00. The number of nitrogens with two attached hydrogens (primary N) is 1. The van der Waals surface area contributed by atoms with Crippen LogP contribution < -0.4 is 20.5 Å². The molecule has 402 valence electrons. The van der Waals surface area contributed by atoms with Crippen molar-refractivity contribution in [2.24, 2.45) is 24.6 Å². The number of benzene rings is 2. The average molecular weight is 1060 g/mol. The molecule has 6 aromatic heterocycles. The van der Waals surface area contributed by atoms with Crippen LogP contribution in [0.15, 0.2) is 60.8 Å². The van der Waals surface area contributed by atoms with E-state index in [1.807, 2.05) is 32.2 Å². The molecule has 2 aromatic carbocycles. The van der Waals surface area contributed by atoms with Crippen molar-refractivity contribution in [3.05, 3.63) is 77.6 Å². The Labute approximate surface area is 440 Å². The maximum atomic E-state index is 15.9. The van der Waals surface area contributed by atoms with Gasteiger partial charge in [0.1, 0.15) is 45.7 Å². The SMILES string of the molecule is CCn1c(-c2nc3cc(C(=O)N4C[C@H]5CC[C@@H]4[C@@H]5N)cc(OC)c3n2[C@H]2C[C@H](OC)C2)cc2cc(N[C@@H]3C[C@@H](F)CN(C(=O)c4cc(OC)c5c(c4)nc(-c4cc6ccc(C(F)(F)F)nc6n4CC4CC4)n5C)C3)cnc21. The highest BCUT2D eigenvalue weighted by Gasteiger charge is 2.47. The van der Waals surface area contributed by atoms with Gasteiger partial charge in [-0.3, -0.25) is 9.59 Å². The van der Waals surface area contributed by atoms with Crippen LogP contribution in [0.2, 0.25) is 0 Å². The lowest BCUT2D eigenvalue weighted by atomic mass is 9.88. The number of likely N-dealkylation sites (tertiary alicyclic amines) is 2. The van der Waals surface area contributed by atoms with E-state index in [0.717, 1.165) is 72.7 Å². The largest absolute Gasteiger partial charge is 0.494 e. The van der Waals surface area contributed by atoms with E-state index in [2.05, 4.69) is 32.4 Å². The summed E-state index contributed by atoms with van der Waals surface area (Å²) in [5, 5.41) is 4.88. The van der Waals surface area contributed by atoms with Crippen LogP contribution in [-0.2, 0) is 31.1 Å². The van der Waals surface area contributed by atoms with Crippen molar-refractivity contribution in [3.63, 3.8) is 0 Å². The Bertz CT molecular complexity index is 3680. The fourth-order valence-electron chi connectivity index (χ4n) is 12.9. The molecule has 3 N–H and O–H groups in total. The lowest BCUT2D eigenvalue weighted by Gasteiger charge is -2.36. The summed E-state index contributed by atoms with van der Waals surface area (Å²) >= 11 is 0. The number of piperidine rings is 2. The summed E-state index contributed by atoms with van der Waals surface area (Å²) < 4.78 is 83.0. The topological polar surface area (TPSA) is 178 Å². The second-order valence-electron chi connectivity index (χ2n) is 21.8. The molecule has 2 aliphatic heterocycles. The van der Waals surface area contributed by atoms with E-state index in [4.69, 9.17) is 34.9 Å². The Hall–Kier alpha value is -7.26. The molecule has 17 nitrogen and oxygen atoms in total. The first kappa shape index (κ1) is 49.3. The van der Waals surface area contributed by atoms with Crippen LogP contribution >= 0.6 is 0 Å². The molecule has 3 saturated carbocycles. The molecule has 0 unspecified atom stereocenters. The number of imidazole rings is 2. The number of nitrogens with zero attached hydrogens (tertiary/aromatic N) is 10. The minimum atomic E-state index is -4.60. The molecule has 5 aliphatic rings. The van der Waals surface area contributed by atoms with Gasteiger partial charge in [0.25, 0.3) is 11.8 Å². The average Bonchev–Trinajstić information content (AvgIpc) is 4.03. The standard InChI is InChI=1S/C56H60F4N12O5/c1-6-69-43(53-65-40-15-33(55(74)71-25-30-9-11-41(71)47(30)61)19-45(77-5)49(40)72(53)37-21-38(22-37)75-3)17-31-13-35(23-62-50(31)69)63-36-20-34(57)26-68(27-36)54(73)32-14-39-48(44(18-32)76-4)67(2)52(64-39)42-16-29-10-12-46(56(58,59)60)66-51(29)70(42)24-28-7-8-28/h10,12-19,23,28,30,34,36-38,41,47,63H,6-9,11,20-22,24-27,61H2,1-5H3/t30-,34-,36-,37-,38-,41-,47-/m1/s1. The van der Waals surface area contributed by atoms with Crippen molar-refractivity contribution < 1.29 is 41.4 Å². The van der Waals surface area contributed by atoms with Crippen LogP contribution in [0.4, 0.5) is 23.2 Å². The number of amides is 2. The zero-order valence-electron chi connectivity index (χ0n) is 43.5. The number of methoxy groups -OCH3 is 3. The maximum Gasteiger partial charge on any atom is 0.433 e. The van der Waals surface area contributed by atoms with Crippen molar-refractivity contribution in [1.82, 2.24) is 48.0 Å². The molecule has 8 aromatic rings. The Morgan fingerprint density at radius 1 is 0.779 bits per heavy atom. The van der Waals surface area contributed by atoms with Gasteiger partial charge in [0.05, 0.1) is 61.2 Å². The first-order chi connectivity index (χ1) is 37.1. The normalized spacial score (nSPS) is 23.5. The van der Waals surface area contributed by atoms with Gasteiger partial charge in [0.15, 0.2) is 11.6 Å². The third-order valence-corrected chi connectivity index (χ3v) is 17.0. The summed E-state index contributed by atoms with van der Waals surface area (Å²) in [4.78, 5) is 51.3. The maximum absolute atomic E-state index is 15.9. The second-order valence-corrected chi connectivity index (χ2v) is 21.8. The first-order valence-corrected chi connectivity index (χ1v) is 26.6. The number of nitrogens with one attached hydrogen (secondary N) is 1. The fourth-order valence-corrected chi connectivity index (χ4v) is 12.9. The predicted molar refractivity (Wildman–Crippen MR) is 282 cm³/mol. The van der Waals surface area contributed by atoms with Gasteiger partial charge in [-0.1, -0.05) is 0 Å². The van der Waals surface area contributed by atoms with Gasteiger partial charge in [-0.15, -0.1) is 0 Å². The highest BCUT2D eigenvalue weighted by atomic mass is 19.4. The molecule has 5 atom stereocenters. The molecular weight excluding hydrogens is 997 g/mol. The third kappa shape index (κ3) is 8.24. The van der Waals surface area contributed by atoms with E-state index in [-0.39, 0.29) is 60.9 Å². The van der Waals surface area contributed by atoms with Crippen molar-refractivity contribution in [3.8, 4) is 34.5 Å². The van der Waals surface area contributed by atoms with Crippen molar-refractivity contribution >= 4 is 61.6 Å². The molecular formula is C56H60F4N12O5. The molecule has 2 saturated heterocycles. The molecule has 77 heavy (non-hydrogen) atoms. The number of halogens is 4. The van der Waals surface area contributed by atoms with E-state index in [1.54, 1.807) is 45.7 Å². The minimum Gasteiger partial charge on any atom is -0.494 e.